The largest absolute Gasteiger partial charge is 0.468 e. The van der Waals surface area contributed by atoms with Gasteiger partial charge in [-0.1, -0.05) is 11.6 Å². The Balaban J connectivity index is 2.96. The van der Waals surface area contributed by atoms with E-state index in [-0.39, 0.29) is 17.3 Å². The van der Waals surface area contributed by atoms with Crippen molar-refractivity contribution in [1.82, 2.24) is 9.88 Å². The highest BCUT2D eigenvalue weighted by Gasteiger charge is 2.20. The summed E-state index contributed by atoms with van der Waals surface area (Å²) in [7, 11) is 1.26. The van der Waals surface area contributed by atoms with Gasteiger partial charge < -0.3 is 15.4 Å². The Kier molecular flexibility index (Phi) is 4.91. The van der Waals surface area contributed by atoms with Gasteiger partial charge in [0.25, 0.3) is 5.91 Å². The summed E-state index contributed by atoms with van der Waals surface area (Å²) < 4.78 is 4.52. The van der Waals surface area contributed by atoms with Crippen LogP contribution in [0, 0.1) is 0 Å². The van der Waals surface area contributed by atoms with Crippen molar-refractivity contribution >= 4 is 29.2 Å². The molecule has 0 saturated carbocycles. The lowest BCUT2D eigenvalue weighted by molar-refractivity contribution is -0.141. The lowest BCUT2D eigenvalue weighted by atomic mass is 10.2. The Morgan fingerprint density at radius 3 is 2.78 bits per heavy atom. The fourth-order valence-electron chi connectivity index (χ4n) is 1.33. The fourth-order valence-corrected chi connectivity index (χ4v) is 1.52. The van der Waals surface area contributed by atoms with Crippen LogP contribution >= 0.6 is 11.6 Å². The van der Waals surface area contributed by atoms with E-state index in [2.05, 4.69) is 9.72 Å². The van der Waals surface area contributed by atoms with Crippen molar-refractivity contribution in [2.45, 2.75) is 6.92 Å². The van der Waals surface area contributed by atoms with Crippen molar-refractivity contribution in [2.24, 2.45) is 0 Å². The number of hydrogen-bond acceptors (Lipinski definition) is 5. The number of anilines is 1. The molecular formula is C11H14ClN3O3. The molecule has 1 heterocycles. The Morgan fingerprint density at radius 2 is 2.22 bits per heavy atom. The quantitative estimate of drug-likeness (QED) is 0.651. The average molecular weight is 272 g/mol. The number of halogens is 1. The lowest BCUT2D eigenvalue weighted by Gasteiger charge is -2.19. The molecule has 0 fully saturated rings. The van der Waals surface area contributed by atoms with Crippen LogP contribution < -0.4 is 5.73 Å². The van der Waals surface area contributed by atoms with Crippen LogP contribution in [0.5, 0.6) is 0 Å². The van der Waals surface area contributed by atoms with Crippen LogP contribution in [-0.2, 0) is 9.53 Å². The molecule has 1 amide bonds. The van der Waals surface area contributed by atoms with Gasteiger partial charge in [-0.05, 0) is 13.0 Å². The molecule has 0 saturated heterocycles. The van der Waals surface area contributed by atoms with Crippen LogP contribution in [0.3, 0.4) is 0 Å². The number of nitrogen functional groups attached to an aromatic ring is 1. The number of amides is 1. The van der Waals surface area contributed by atoms with Crippen LogP contribution in [0.4, 0.5) is 5.69 Å². The summed E-state index contributed by atoms with van der Waals surface area (Å²) in [6.45, 7) is 1.95. The maximum Gasteiger partial charge on any atom is 0.325 e. The van der Waals surface area contributed by atoms with Gasteiger partial charge in [-0.25, -0.2) is 4.98 Å². The van der Waals surface area contributed by atoms with Crippen LogP contribution in [-0.4, -0.2) is 42.0 Å². The molecule has 7 heteroatoms. The zero-order chi connectivity index (χ0) is 13.7. The first-order valence-corrected chi connectivity index (χ1v) is 5.64. The Bertz CT molecular complexity index is 465. The molecule has 0 bridgehead atoms. The van der Waals surface area contributed by atoms with E-state index in [1.165, 1.54) is 24.3 Å². The molecular weight excluding hydrogens is 258 g/mol. The van der Waals surface area contributed by atoms with Gasteiger partial charge in [0.15, 0.2) is 0 Å². The van der Waals surface area contributed by atoms with Crippen LogP contribution in [0.25, 0.3) is 0 Å². The van der Waals surface area contributed by atoms with Gasteiger partial charge in [0.1, 0.15) is 11.7 Å². The molecule has 2 N–H and O–H groups in total. The SMILES string of the molecule is CCN(CC(=O)OC)C(=O)c1cc(N)cnc1Cl. The number of pyridine rings is 1. The standard InChI is InChI=1S/C11H14ClN3O3/c1-3-15(6-9(16)18-2)11(17)8-4-7(13)5-14-10(8)12/h4-5H,3,6,13H2,1-2H3. The molecule has 0 aliphatic rings. The Labute approximate surface area is 110 Å². The van der Waals surface area contributed by atoms with Gasteiger partial charge in [0.05, 0.1) is 24.6 Å². The van der Waals surface area contributed by atoms with Crippen molar-refractivity contribution in [3.8, 4) is 0 Å². The van der Waals surface area contributed by atoms with Crippen LogP contribution in [0.1, 0.15) is 17.3 Å². The highest BCUT2D eigenvalue weighted by Crippen LogP contribution is 2.17. The third-order valence-electron chi connectivity index (χ3n) is 2.31. The first-order chi connectivity index (χ1) is 8.49. The number of ether oxygens (including phenoxy) is 1. The van der Waals surface area contributed by atoms with Crippen molar-refractivity contribution in [3.63, 3.8) is 0 Å². The Hall–Kier alpha value is -1.82. The van der Waals surface area contributed by atoms with Gasteiger partial charge in [0.2, 0.25) is 0 Å². The molecule has 1 rings (SSSR count). The van der Waals surface area contributed by atoms with Crippen molar-refractivity contribution < 1.29 is 14.3 Å². The number of methoxy groups -OCH3 is 1. The number of carbonyl (C=O) groups excluding carboxylic acids is 2. The summed E-state index contributed by atoms with van der Waals surface area (Å²) in [5.74, 6) is -0.911. The molecule has 0 radical (unpaired) electrons. The third-order valence-corrected chi connectivity index (χ3v) is 2.61. The zero-order valence-electron chi connectivity index (χ0n) is 10.1. The lowest BCUT2D eigenvalue weighted by Crippen LogP contribution is -2.36. The number of rotatable bonds is 4. The minimum absolute atomic E-state index is 0.0533. The fraction of sp³-hybridized carbons (Fsp3) is 0.364. The number of hydrogen-bond donors (Lipinski definition) is 1. The minimum Gasteiger partial charge on any atom is -0.468 e. The number of carbonyl (C=O) groups is 2. The molecule has 98 valence electrons. The minimum atomic E-state index is -0.502. The molecule has 1 aromatic heterocycles. The predicted octanol–water partition coefficient (Wildman–Crippen LogP) is 0.952. The van der Waals surface area contributed by atoms with Gasteiger partial charge in [-0.15, -0.1) is 0 Å². The number of aromatic nitrogens is 1. The van der Waals surface area contributed by atoms with Crippen molar-refractivity contribution in [1.29, 1.82) is 0 Å². The number of likely N-dealkylation sites (N-methyl/N-ethyl adjacent to an activating group) is 1. The first-order valence-electron chi connectivity index (χ1n) is 5.26. The van der Waals surface area contributed by atoms with E-state index in [9.17, 15) is 9.59 Å². The van der Waals surface area contributed by atoms with E-state index in [1.807, 2.05) is 0 Å². The molecule has 0 aliphatic carbocycles. The maximum atomic E-state index is 12.1. The summed E-state index contributed by atoms with van der Waals surface area (Å²) in [4.78, 5) is 28.4. The van der Waals surface area contributed by atoms with E-state index in [0.717, 1.165) is 0 Å². The zero-order valence-corrected chi connectivity index (χ0v) is 10.9. The second kappa shape index (κ2) is 6.20. The topological polar surface area (TPSA) is 85.5 Å². The molecule has 0 aliphatic heterocycles. The van der Waals surface area contributed by atoms with Crippen LogP contribution in [0.15, 0.2) is 12.3 Å². The number of nitrogens with zero attached hydrogens (tertiary/aromatic N) is 2. The Morgan fingerprint density at radius 1 is 1.56 bits per heavy atom. The van der Waals surface area contributed by atoms with Gasteiger partial charge in [-0.3, -0.25) is 9.59 Å². The summed E-state index contributed by atoms with van der Waals surface area (Å²) in [6.07, 6.45) is 1.36. The highest BCUT2D eigenvalue weighted by atomic mass is 35.5. The maximum absolute atomic E-state index is 12.1. The van der Waals surface area contributed by atoms with E-state index < -0.39 is 11.9 Å². The van der Waals surface area contributed by atoms with Crippen molar-refractivity contribution in [3.05, 3.63) is 23.0 Å². The third kappa shape index (κ3) is 3.33. The van der Waals surface area contributed by atoms with E-state index in [1.54, 1.807) is 6.92 Å². The molecule has 0 atom stereocenters. The second-order valence-electron chi connectivity index (χ2n) is 3.50. The predicted molar refractivity (Wildman–Crippen MR) is 67.3 cm³/mol. The van der Waals surface area contributed by atoms with Crippen molar-refractivity contribution in [2.75, 3.05) is 25.9 Å². The summed E-state index contributed by atoms with van der Waals surface area (Å²) in [6, 6.07) is 1.43. The molecule has 6 nitrogen and oxygen atoms in total. The van der Waals surface area contributed by atoms with Crippen LogP contribution in [0.2, 0.25) is 5.15 Å². The summed E-state index contributed by atoms with van der Waals surface area (Å²) >= 11 is 5.83. The highest BCUT2D eigenvalue weighted by molar-refractivity contribution is 6.32. The first kappa shape index (κ1) is 14.2. The molecule has 0 unspecified atom stereocenters. The smallest absolute Gasteiger partial charge is 0.325 e. The monoisotopic (exact) mass is 271 g/mol. The van der Waals surface area contributed by atoms with E-state index in [4.69, 9.17) is 17.3 Å². The molecule has 0 spiro atoms. The number of esters is 1. The molecule has 18 heavy (non-hydrogen) atoms. The summed E-state index contributed by atoms with van der Waals surface area (Å²) in [5, 5.41) is 0.0533. The second-order valence-corrected chi connectivity index (χ2v) is 3.86. The van der Waals surface area contributed by atoms with Gasteiger partial charge in [-0.2, -0.15) is 0 Å². The molecule has 1 aromatic rings. The average Bonchev–Trinajstić information content (AvgIpc) is 2.37. The van der Waals surface area contributed by atoms with Gasteiger partial charge in [0, 0.05) is 6.54 Å². The number of nitrogens with two attached hydrogens (primary N) is 1. The van der Waals surface area contributed by atoms with Gasteiger partial charge >= 0.3 is 5.97 Å². The van der Waals surface area contributed by atoms with E-state index in [0.29, 0.717) is 12.2 Å². The van der Waals surface area contributed by atoms with E-state index >= 15 is 0 Å². The normalized spacial score (nSPS) is 9.94. The summed E-state index contributed by atoms with van der Waals surface area (Å²) in [5.41, 5.74) is 6.05. The molecule has 0 aromatic carbocycles.